The van der Waals surface area contributed by atoms with Crippen LogP contribution >= 0.6 is 11.8 Å². The molecule has 2 saturated carbocycles. The Morgan fingerprint density at radius 2 is 1.62 bits per heavy atom. The molecule has 0 radical (unpaired) electrons. The number of likely N-dealkylation sites (tertiary alicyclic amines) is 1. The summed E-state index contributed by atoms with van der Waals surface area (Å²) in [6, 6.07) is -3.79. The fraction of sp³-hybridized carbons (Fsp3) is 0.806. The van der Waals surface area contributed by atoms with Gasteiger partial charge in [-0.25, -0.2) is 13.2 Å². The lowest BCUT2D eigenvalue weighted by Gasteiger charge is -2.41. The van der Waals surface area contributed by atoms with Crippen LogP contribution in [-0.2, 0) is 29.0 Å². The smallest absolute Gasteiger partial charge is 0.315 e. The predicted octanol–water partition coefficient (Wildman–Crippen LogP) is 3.05. The molecule has 4 N–H and O–H groups in total. The molecule has 3 aliphatic rings. The molecule has 0 aromatic rings. The number of nitrogens with zero attached hydrogens (tertiary/aromatic N) is 1. The van der Waals surface area contributed by atoms with Gasteiger partial charge in [0.2, 0.25) is 17.6 Å². The lowest BCUT2D eigenvalue weighted by atomic mass is 9.83. The highest BCUT2D eigenvalue weighted by Gasteiger charge is 2.70. The summed E-state index contributed by atoms with van der Waals surface area (Å²) < 4.78 is 25.6. The summed E-state index contributed by atoms with van der Waals surface area (Å²) in [5, 5.41) is 11.2. The number of carbonyl (C=O) groups excluding carboxylic acids is 5. The molecule has 5 amide bonds. The highest BCUT2D eigenvalue weighted by Crippen LogP contribution is 2.65. The van der Waals surface area contributed by atoms with Gasteiger partial charge in [0.25, 0.3) is 5.91 Å². The summed E-state index contributed by atoms with van der Waals surface area (Å²) in [5.41, 5.74) is -1.99. The number of terminal acetylenes is 1. The number of Topliss-reactive ketones (excluding diaryl/α,β-unsaturated/α-hetero) is 1. The van der Waals surface area contributed by atoms with E-state index in [1.807, 2.05) is 40.9 Å². The molecule has 5 atom stereocenters. The number of rotatable bonds is 14. The van der Waals surface area contributed by atoms with Crippen molar-refractivity contribution in [2.45, 2.75) is 129 Å². The van der Waals surface area contributed by atoms with Crippen molar-refractivity contribution in [3.63, 3.8) is 0 Å². The van der Waals surface area contributed by atoms with Crippen LogP contribution in [0.3, 0.4) is 0 Å². The molecule has 3 fully saturated rings. The molecule has 3 unspecified atom stereocenters. The van der Waals surface area contributed by atoms with Crippen LogP contribution < -0.4 is 21.3 Å². The average molecular weight is 738 g/mol. The first-order valence-electron chi connectivity index (χ1n) is 17.7. The third-order valence-electron chi connectivity index (χ3n) is 10.8. The molecule has 3 rings (SSSR count). The summed E-state index contributed by atoms with van der Waals surface area (Å²) >= 11 is 1.52. The summed E-state index contributed by atoms with van der Waals surface area (Å²) in [5.74, 6) is 0.124. The Bertz CT molecular complexity index is 1450. The van der Waals surface area contributed by atoms with Crippen molar-refractivity contribution >= 4 is 51.1 Å². The van der Waals surface area contributed by atoms with Crippen LogP contribution in [0.1, 0.15) is 100 Å². The van der Waals surface area contributed by atoms with Gasteiger partial charge in [-0.1, -0.05) is 53.9 Å². The molecule has 0 spiro atoms. The second kappa shape index (κ2) is 15.8. The quantitative estimate of drug-likeness (QED) is 0.120. The van der Waals surface area contributed by atoms with Crippen molar-refractivity contribution in [1.29, 1.82) is 0 Å². The summed E-state index contributed by atoms with van der Waals surface area (Å²) in [4.78, 5) is 69.5. The Labute approximate surface area is 303 Å². The van der Waals surface area contributed by atoms with Gasteiger partial charge in [-0.2, -0.15) is 11.8 Å². The molecule has 1 saturated heterocycles. The van der Waals surface area contributed by atoms with E-state index >= 15 is 0 Å². The van der Waals surface area contributed by atoms with Crippen LogP contribution in [0.25, 0.3) is 0 Å². The van der Waals surface area contributed by atoms with E-state index in [-0.39, 0.29) is 42.4 Å². The Morgan fingerprint density at radius 3 is 2.16 bits per heavy atom. The molecule has 0 aromatic carbocycles. The van der Waals surface area contributed by atoms with E-state index in [4.69, 9.17) is 6.42 Å². The number of urea groups is 1. The average Bonchev–Trinajstić information content (AvgIpc) is 3.31. The largest absolute Gasteiger partial charge is 0.349 e. The van der Waals surface area contributed by atoms with Crippen LogP contribution in [0.2, 0.25) is 0 Å². The number of piperidine rings is 1. The van der Waals surface area contributed by atoms with Crippen LogP contribution in [0.15, 0.2) is 0 Å². The van der Waals surface area contributed by atoms with E-state index < -0.39 is 73.2 Å². The molecule has 0 aromatic heterocycles. The highest BCUT2D eigenvalue weighted by atomic mass is 32.2. The molecular weight excluding hydrogens is 679 g/mol. The van der Waals surface area contributed by atoms with Crippen molar-refractivity contribution in [2.75, 3.05) is 30.9 Å². The Balaban J connectivity index is 1.85. The third kappa shape index (κ3) is 9.55. The molecule has 0 bridgehead atoms. The second-order valence-corrected chi connectivity index (χ2v) is 20.6. The maximum atomic E-state index is 14.4. The summed E-state index contributed by atoms with van der Waals surface area (Å²) in [6.07, 6.45) is 11.1. The highest BCUT2D eigenvalue weighted by molar-refractivity contribution is 7.98. The molecular formula is C36H59N5O7S2. The molecule has 50 heavy (non-hydrogen) atoms. The number of ketones is 1. The van der Waals surface area contributed by atoms with Crippen molar-refractivity contribution in [2.24, 2.45) is 22.7 Å². The van der Waals surface area contributed by atoms with Gasteiger partial charge in [-0.3, -0.25) is 19.2 Å². The van der Waals surface area contributed by atoms with Crippen LogP contribution in [0.4, 0.5) is 4.79 Å². The second-order valence-electron chi connectivity index (χ2n) is 16.9. The van der Waals surface area contributed by atoms with E-state index in [9.17, 15) is 32.4 Å². The van der Waals surface area contributed by atoms with Gasteiger partial charge in [0.05, 0.1) is 22.1 Å². The van der Waals surface area contributed by atoms with E-state index in [2.05, 4.69) is 27.2 Å². The number of carbonyl (C=O) groups is 5. The van der Waals surface area contributed by atoms with Crippen molar-refractivity contribution in [3.05, 3.63) is 0 Å². The monoisotopic (exact) mass is 737 g/mol. The number of hydrogen-bond donors (Lipinski definition) is 4. The van der Waals surface area contributed by atoms with Crippen molar-refractivity contribution < 1.29 is 32.4 Å². The SMILES string of the molecule is C#CCCC(NC(=O)[C@@H]1C2C(CN1C(=O)[C@@H](NC(=O)NC1(CS(=O)(=O)C(C)(C)C)CCCCC1)C(C)(C)C)C2(C)C)C(=O)C(=O)NCCSC. The van der Waals surface area contributed by atoms with Crippen molar-refractivity contribution in [1.82, 2.24) is 26.2 Å². The maximum Gasteiger partial charge on any atom is 0.315 e. The minimum absolute atomic E-state index is 0.0273. The fourth-order valence-corrected chi connectivity index (χ4v) is 9.24. The number of amides is 5. The van der Waals surface area contributed by atoms with Gasteiger partial charge < -0.3 is 26.2 Å². The van der Waals surface area contributed by atoms with E-state index in [0.717, 1.165) is 19.3 Å². The van der Waals surface area contributed by atoms with Gasteiger partial charge in [-0.05, 0) is 69.0 Å². The molecule has 1 heterocycles. The standard InChI is InChI=1S/C36H59N5O7S2/c1-11-12-16-24(27(42)30(44)37-19-20-49-10)38-29(43)26-25-23(35(25,8)9)21-41(26)31(45)28(33(2,3)4)39-32(46)40-36(17-14-13-15-18-36)22-50(47,48)34(5,6)7/h1,23-26,28H,12-22H2,2-10H3,(H,37,44)(H,38,43)(H2,39,40,46)/t23?,24?,25?,26-,28+/m0/s1. The first kappa shape index (κ1) is 41.6. The zero-order valence-corrected chi connectivity index (χ0v) is 33.0. The van der Waals surface area contributed by atoms with Gasteiger partial charge in [0, 0.05) is 25.3 Å². The van der Waals surface area contributed by atoms with Gasteiger partial charge >= 0.3 is 6.03 Å². The minimum Gasteiger partial charge on any atom is -0.349 e. The Morgan fingerprint density at radius 1 is 1.00 bits per heavy atom. The zero-order chi connectivity index (χ0) is 37.9. The molecule has 14 heteroatoms. The first-order valence-corrected chi connectivity index (χ1v) is 20.7. The molecule has 1 aliphatic heterocycles. The lowest BCUT2D eigenvalue weighted by Crippen LogP contribution is -2.64. The topological polar surface area (TPSA) is 171 Å². The molecule has 282 valence electrons. The van der Waals surface area contributed by atoms with E-state index in [0.29, 0.717) is 25.1 Å². The van der Waals surface area contributed by atoms with Crippen LogP contribution in [0.5, 0.6) is 0 Å². The van der Waals surface area contributed by atoms with Crippen LogP contribution in [-0.4, -0.2) is 102 Å². The number of sulfone groups is 1. The molecule has 12 nitrogen and oxygen atoms in total. The van der Waals surface area contributed by atoms with Gasteiger partial charge in [-0.15, -0.1) is 12.3 Å². The van der Waals surface area contributed by atoms with E-state index in [1.165, 1.54) is 16.7 Å². The number of nitrogens with one attached hydrogen (secondary N) is 4. The van der Waals surface area contributed by atoms with Gasteiger partial charge in [0.1, 0.15) is 12.1 Å². The molecule has 2 aliphatic carbocycles. The first-order chi connectivity index (χ1) is 23.0. The predicted molar refractivity (Wildman–Crippen MR) is 197 cm³/mol. The zero-order valence-electron chi connectivity index (χ0n) is 31.4. The number of thioether (sulfide) groups is 1. The Hall–Kier alpha value is -2.79. The summed E-state index contributed by atoms with van der Waals surface area (Å²) in [6.45, 7) is 15.1. The Kier molecular flexibility index (Phi) is 13.2. The maximum absolute atomic E-state index is 14.4. The summed E-state index contributed by atoms with van der Waals surface area (Å²) in [7, 11) is -3.57. The normalized spacial score (nSPS) is 23.8. The third-order valence-corrected chi connectivity index (χ3v) is 14.2. The van der Waals surface area contributed by atoms with Crippen molar-refractivity contribution in [3.8, 4) is 12.3 Å². The van der Waals surface area contributed by atoms with Gasteiger partial charge in [0.15, 0.2) is 9.84 Å². The number of hydrogen-bond acceptors (Lipinski definition) is 8. The lowest BCUT2D eigenvalue weighted by molar-refractivity contribution is -0.145. The fourth-order valence-electron chi connectivity index (χ4n) is 7.42. The minimum atomic E-state index is -3.57. The van der Waals surface area contributed by atoms with E-state index in [1.54, 1.807) is 20.8 Å². The van der Waals surface area contributed by atoms with Crippen LogP contribution in [0, 0.1) is 35.0 Å². The number of fused-ring (bicyclic) bond motifs is 1.